The summed E-state index contributed by atoms with van der Waals surface area (Å²) < 4.78 is 5.24. The normalized spacial score (nSPS) is 25.8. The maximum atomic E-state index is 10.3. The van der Waals surface area contributed by atoms with Gasteiger partial charge in [-0.25, -0.2) is 4.99 Å². The molecule has 19 heavy (non-hydrogen) atoms. The SMILES string of the molecule is CCNC(=NCC(C)(O)c1ccco1)NC1CC1C. The third kappa shape index (κ3) is 3.73. The molecule has 3 unspecified atom stereocenters. The van der Waals surface area contributed by atoms with Crippen LogP contribution in [0.1, 0.15) is 33.0 Å². The molecular formula is C14H23N3O2. The minimum absolute atomic E-state index is 0.261. The summed E-state index contributed by atoms with van der Waals surface area (Å²) in [4.78, 5) is 4.44. The fourth-order valence-corrected chi connectivity index (χ4v) is 1.91. The number of furan rings is 1. The van der Waals surface area contributed by atoms with E-state index < -0.39 is 5.60 Å². The quantitative estimate of drug-likeness (QED) is 0.557. The zero-order valence-corrected chi connectivity index (χ0v) is 11.8. The second-order valence-electron chi connectivity index (χ2n) is 5.41. The number of hydrogen-bond acceptors (Lipinski definition) is 3. The summed E-state index contributed by atoms with van der Waals surface area (Å²) in [6.45, 7) is 7.00. The highest BCUT2D eigenvalue weighted by Crippen LogP contribution is 2.28. The number of aliphatic hydroxyl groups is 1. The van der Waals surface area contributed by atoms with E-state index >= 15 is 0 Å². The van der Waals surface area contributed by atoms with E-state index in [2.05, 4.69) is 22.5 Å². The molecule has 3 N–H and O–H groups in total. The van der Waals surface area contributed by atoms with Gasteiger partial charge in [-0.3, -0.25) is 0 Å². The van der Waals surface area contributed by atoms with Crippen LogP contribution in [0.5, 0.6) is 0 Å². The molecular weight excluding hydrogens is 242 g/mol. The molecule has 1 aliphatic carbocycles. The third-order valence-corrected chi connectivity index (χ3v) is 3.37. The van der Waals surface area contributed by atoms with Crippen LogP contribution in [-0.4, -0.2) is 30.2 Å². The van der Waals surface area contributed by atoms with Gasteiger partial charge >= 0.3 is 0 Å². The minimum Gasteiger partial charge on any atom is -0.466 e. The van der Waals surface area contributed by atoms with Crippen molar-refractivity contribution in [3.8, 4) is 0 Å². The molecule has 0 aliphatic heterocycles. The lowest BCUT2D eigenvalue weighted by Gasteiger charge is -2.19. The van der Waals surface area contributed by atoms with Crippen LogP contribution in [0.15, 0.2) is 27.8 Å². The van der Waals surface area contributed by atoms with Gasteiger partial charge in [-0.15, -0.1) is 0 Å². The van der Waals surface area contributed by atoms with E-state index in [1.807, 2.05) is 6.92 Å². The first-order chi connectivity index (χ1) is 9.03. The molecule has 5 heteroatoms. The molecule has 1 saturated carbocycles. The average Bonchev–Trinajstić information content (AvgIpc) is 2.86. The maximum absolute atomic E-state index is 10.3. The van der Waals surface area contributed by atoms with Crippen LogP contribution in [0.2, 0.25) is 0 Å². The Morgan fingerprint density at radius 3 is 2.89 bits per heavy atom. The number of hydrogen-bond donors (Lipinski definition) is 3. The monoisotopic (exact) mass is 265 g/mol. The molecule has 3 atom stereocenters. The van der Waals surface area contributed by atoms with Crippen LogP contribution >= 0.6 is 0 Å². The van der Waals surface area contributed by atoms with E-state index in [9.17, 15) is 5.11 Å². The Balaban J connectivity index is 1.96. The summed E-state index contributed by atoms with van der Waals surface area (Å²) in [6.07, 6.45) is 2.74. The van der Waals surface area contributed by atoms with Gasteiger partial charge in [0.15, 0.2) is 5.96 Å². The molecule has 1 aliphatic rings. The van der Waals surface area contributed by atoms with Crippen LogP contribution < -0.4 is 10.6 Å². The Bertz CT molecular complexity index is 426. The van der Waals surface area contributed by atoms with Gasteiger partial charge in [-0.1, -0.05) is 6.92 Å². The van der Waals surface area contributed by atoms with Crippen molar-refractivity contribution < 1.29 is 9.52 Å². The van der Waals surface area contributed by atoms with Crippen molar-refractivity contribution in [3.63, 3.8) is 0 Å². The van der Waals surface area contributed by atoms with Crippen molar-refractivity contribution in [1.29, 1.82) is 0 Å². The molecule has 1 aromatic heterocycles. The first kappa shape index (κ1) is 13.9. The van der Waals surface area contributed by atoms with Crippen LogP contribution in [0, 0.1) is 5.92 Å². The van der Waals surface area contributed by atoms with Crippen molar-refractivity contribution in [2.75, 3.05) is 13.1 Å². The van der Waals surface area contributed by atoms with E-state index in [1.54, 1.807) is 25.3 Å². The lowest BCUT2D eigenvalue weighted by Crippen LogP contribution is -2.40. The number of nitrogens with one attached hydrogen (secondary N) is 2. The highest BCUT2D eigenvalue weighted by Gasteiger charge is 2.33. The smallest absolute Gasteiger partial charge is 0.191 e. The summed E-state index contributed by atoms with van der Waals surface area (Å²) in [7, 11) is 0. The standard InChI is InChI=1S/C14H23N3O2/c1-4-15-13(17-11-8-10(11)2)16-9-14(3,18)12-6-5-7-19-12/h5-7,10-11,18H,4,8-9H2,1-3H3,(H2,15,16,17). The molecule has 1 aromatic rings. The largest absolute Gasteiger partial charge is 0.466 e. The second-order valence-corrected chi connectivity index (χ2v) is 5.41. The molecule has 106 valence electrons. The number of nitrogens with zero attached hydrogens (tertiary/aromatic N) is 1. The molecule has 0 radical (unpaired) electrons. The molecule has 5 nitrogen and oxygen atoms in total. The molecule has 0 amide bonds. The summed E-state index contributed by atoms with van der Waals surface area (Å²) in [5.41, 5.74) is -1.08. The maximum Gasteiger partial charge on any atom is 0.191 e. The molecule has 0 spiro atoms. The van der Waals surface area contributed by atoms with Crippen LogP contribution in [0.4, 0.5) is 0 Å². The fraction of sp³-hybridized carbons (Fsp3) is 0.643. The van der Waals surface area contributed by atoms with E-state index in [0.29, 0.717) is 17.7 Å². The highest BCUT2D eigenvalue weighted by atomic mass is 16.4. The zero-order chi connectivity index (χ0) is 13.9. The van der Waals surface area contributed by atoms with Crippen molar-refractivity contribution in [3.05, 3.63) is 24.2 Å². The lowest BCUT2D eigenvalue weighted by molar-refractivity contribution is 0.0437. The first-order valence-electron chi connectivity index (χ1n) is 6.84. The highest BCUT2D eigenvalue weighted by molar-refractivity contribution is 5.80. The van der Waals surface area contributed by atoms with Crippen molar-refractivity contribution in [2.24, 2.45) is 10.9 Å². The lowest BCUT2D eigenvalue weighted by atomic mass is 10.0. The molecule has 2 rings (SSSR count). The van der Waals surface area contributed by atoms with Gasteiger partial charge < -0.3 is 20.2 Å². The number of rotatable bonds is 5. The van der Waals surface area contributed by atoms with Gasteiger partial charge in [-0.2, -0.15) is 0 Å². The van der Waals surface area contributed by atoms with Crippen LogP contribution in [0.25, 0.3) is 0 Å². The van der Waals surface area contributed by atoms with E-state index in [-0.39, 0.29) is 6.54 Å². The van der Waals surface area contributed by atoms with Crippen LogP contribution in [0.3, 0.4) is 0 Å². The molecule has 1 heterocycles. The summed E-state index contributed by atoms with van der Waals surface area (Å²) in [6, 6.07) is 4.04. The van der Waals surface area contributed by atoms with Crippen molar-refractivity contribution >= 4 is 5.96 Å². The van der Waals surface area contributed by atoms with Gasteiger partial charge in [0.2, 0.25) is 0 Å². The van der Waals surface area contributed by atoms with Gasteiger partial charge in [0.25, 0.3) is 0 Å². The van der Waals surface area contributed by atoms with Gasteiger partial charge in [-0.05, 0) is 38.3 Å². The van der Waals surface area contributed by atoms with Gasteiger partial charge in [0, 0.05) is 12.6 Å². The topological polar surface area (TPSA) is 69.8 Å². The predicted octanol–water partition coefficient (Wildman–Crippen LogP) is 1.45. The molecule has 0 bridgehead atoms. The summed E-state index contributed by atoms with van der Waals surface area (Å²) in [5.74, 6) is 1.99. The van der Waals surface area contributed by atoms with Crippen LogP contribution in [-0.2, 0) is 5.60 Å². The Morgan fingerprint density at radius 1 is 1.63 bits per heavy atom. The zero-order valence-electron chi connectivity index (χ0n) is 11.8. The summed E-state index contributed by atoms with van der Waals surface area (Å²) in [5, 5.41) is 16.9. The van der Waals surface area contributed by atoms with Gasteiger partial charge in [0.1, 0.15) is 11.4 Å². The fourth-order valence-electron chi connectivity index (χ4n) is 1.91. The van der Waals surface area contributed by atoms with Crippen molar-refractivity contribution in [2.45, 2.75) is 38.8 Å². The Kier molecular flexibility index (Phi) is 4.14. The molecule has 0 aromatic carbocycles. The third-order valence-electron chi connectivity index (χ3n) is 3.37. The van der Waals surface area contributed by atoms with E-state index in [4.69, 9.17) is 4.42 Å². The van der Waals surface area contributed by atoms with Gasteiger partial charge in [0.05, 0.1) is 12.8 Å². The average molecular weight is 265 g/mol. The Morgan fingerprint density at radius 2 is 2.37 bits per heavy atom. The summed E-state index contributed by atoms with van der Waals surface area (Å²) >= 11 is 0. The second kappa shape index (κ2) is 5.65. The first-order valence-corrected chi connectivity index (χ1v) is 6.84. The molecule has 1 fully saturated rings. The molecule has 0 saturated heterocycles. The number of aliphatic imine (C=N–C) groups is 1. The van der Waals surface area contributed by atoms with E-state index in [1.165, 1.54) is 6.42 Å². The van der Waals surface area contributed by atoms with E-state index in [0.717, 1.165) is 12.5 Å². The minimum atomic E-state index is -1.08. The predicted molar refractivity (Wildman–Crippen MR) is 75.0 cm³/mol. The Labute approximate surface area is 114 Å². The number of guanidine groups is 1. The Hall–Kier alpha value is -1.49. The van der Waals surface area contributed by atoms with Crippen molar-refractivity contribution in [1.82, 2.24) is 10.6 Å².